The molecule has 3 nitrogen and oxygen atoms in total. The summed E-state index contributed by atoms with van der Waals surface area (Å²) in [4.78, 5) is 4.86. The van der Waals surface area contributed by atoms with Gasteiger partial charge in [0.15, 0.2) is 0 Å². The maximum atomic E-state index is 7.33. The quantitative estimate of drug-likeness (QED) is 0.142. The number of fused-ring (bicyclic) bond motifs is 13. The molecular formula is C67H44N2OSe. The predicted molar refractivity (Wildman–Crippen MR) is 296 cm³/mol. The van der Waals surface area contributed by atoms with E-state index >= 15 is 0 Å². The second kappa shape index (κ2) is 16.8. The van der Waals surface area contributed by atoms with Crippen LogP contribution in [-0.4, -0.2) is 15.0 Å². The maximum Gasteiger partial charge on any atom is -0.0544 e. The minimum Gasteiger partial charge on any atom is -0.0617 e. The topological polar surface area (TPSA) is 19.6 Å². The first-order valence-electron chi connectivity index (χ1n) is 24.2. The van der Waals surface area contributed by atoms with Gasteiger partial charge in [0.25, 0.3) is 0 Å². The van der Waals surface area contributed by atoms with Crippen molar-refractivity contribution in [2.45, 2.75) is 5.41 Å². The molecule has 1 aliphatic heterocycles. The summed E-state index contributed by atoms with van der Waals surface area (Å²) in [6.45, 7) is 0. The minimum absolute atomic E-state index is 0.0956. The molecule has 1 aromatic heterocycles. The maximum absolute atomic E-state index is 7.33. The molecule has 0 bridgehead atoms. The van der Waals surface area contributed by atoms with Crippen LogP contribution in [0.2, 0.25) is 0 Å². The molecule has 0 N–H and O–H groups in total. The van der Waals surface area contributed by atoms with Crippen LogP contribution in [0.1, 0.15) is 22.3 Å². The van der Waals surface area contributed by atoms with E-state index in [0.29, 0.717) is 0 Å². The van der Waals surface area contributed by atoms with Crippen LogP contribution in [0.4, 0.5) is 34.1 Å². The Morgan fingerprint density at radius 1 is 0.338 bits per heavy atom. The molecule has 0 saturated heterocycles. The fourth-order valence-electron chi connectivity index (χ4n) is 11.4. The second-order valence-corrected chi connectivity index (χ2v) is 20.6. The zero-order valence-electron chi connectivity index (χ0n) is 38.6. The van der Waals surface area contributed by atoms with Crippen molar-refractivity contribution in [1.82, 2.24) is 0 Å². The van der Waals surface area contributed by atoms with Gasteiger partial charge in [0.05, 0.1) is 0 Å². The van der Waals surface area contributed by atoms with E-state index in [1.807, 2.05) is 0 Å². The van der Waals surface area contributed by atoms with Gasteiger partial charge in [-0.25, -0.2) is 0 Å². The van der Waals surface area contributed by atoms with Crippen molar-refractivity contribution in [2.75, 3.05) is 9.80 Å². The van der Waals surface area contributed by atoms with Crippen LogP contribution in [0.3, 0.4) is 0 Å². The van der Waals surface area contributed by atoms with Crippen molar-refractivity contribution in [3.05, 3.63) is 289 Å². The summed E-state index contributed by atoms with van der Waals surface area (Å²) in [6.07, 6.45) is 0. The van der Waals surface area contributed by atoms with E-state index in [0.717, 1.165) is 61.6 Å². The predicted octanol–water partition coefficient (Wildman–Crippen LogP) is 16.2. The largest absolute Gasteiger partial charge is 0.0617 e. The molecule has 334 valence electrons. The Hall–Kier alpha value is -8.66. The molecule has 1 spiro atoms. The van der Waals surface area contributed by atoms with E-state index in [1.165, 1.54) is 59.0 Å². The van der Waals surface area contributed by atoms with Crippen LogP contribution in [0.5, 0.6) is 0 Å². The number of para-hydroxylation sites is 3. The van der Waals surface area contributed by atoms with Crippen LogP contribution in [-0.2, 0) is 5.41 Å². The van der Waals surface area contributed by atoms with E-state index in [2.05, 4.69) is 277 Å². The number of nitrogens with zero attached hydrogens (tertiary/aromatic N) is 2. The van der Waals surface area contributed by atoms with Crippen LogP contribution < -0.4 is 18.7 Å². The molecule has 2 heterocycles. The van der Waals surface area contributed by atoms with Crippen molar-refractivity contribution in [3.8, 4) is 33.4 Å². The third kappa shape index (κ3) is 6.57. The number of hydrogen-bond donors (Lipinski definition) is 0. The van der Waals surface area contributed by atoms with E-state index in [4.69, 9.17) is 4.42 Å². The zero-order chi connectivity index (χ0) is 46.9. The molecule has 0 atom stereocenters. The van der Waals surface area contributed by atoms with Crippen molar-refractivity contribution in [1.29, 1.82) is 0 Å². The van der Waals surface area contributed by atoms with Crippen molar-refractivity contribution in [3.63, 3.8) is 0 Å². The third-order valence-corrected chi connectivity index (χ3v) is 16.9. The van der Waals surface area contributed by atoms with E-state index in [-0.39, 0.29) is 15.0 Å². The fourth-order valence-corrected chi connectivity index (χ4v) is 13.9. The van der Waals surface area contributed by atoms with Gasteiger partial charge in [0.2, 0.25) is 0 Å². The van der Waals surface area contributed by atoms with Gasteiger partial charge in [0.1, 0.15) is 0 Å². The SMILES string of the molecule is c1ccc(-c2ccc(N(c3ccccc3)c3ccc4c(c3)C3(c5ccccc5[Se]c5ccccc53)c3cc(N(c5ccccc5)c5ccc(-c6ccccc6)cc5)c5c(oc6ccccc65)c3-4)cc2)cc1. The third-order valence-electron chi connectivity index (χ3n) is 14.5. The van der Waals surface area contributed by atoms with Crippen LogP contribution in [0.15, 0.2) is 271 Å². The Balaban J connectivity index is 1.07. The van der Waals surface area contributed by atoms with Crippen LogP contribution in [0.25, 0.3) is 55.3 Å². The normalized spacial score (nSPS) is 12.8. The van der Waals surface area contributed by atoms with Gasteiger partial charge in [-0.2, -0.15) is 0 Å². The zero-order valence-corrected chi connectivity index (χ0v) is 40.3. The first-order valence-corrected chi connectivity index (χ1v) is 26.0. The number of anilines is 6. The number of rotatable bonds is 8. The van der Waals surface area contributed by atoms with Crippen molar-refractivity contribution in [2.24, 2.45) is 0 Å². The molecule has 0 amide bonds. The number of furan rings is 1. The fraction of sp³-hybridized carbons (Fsp3) is 0.0149. The van der Waals surface area contributed by atoms with E-state index in [9.17, 15) is 0 Å². The van der Waals surface area contributed by atoms with Gasteiger partial charge in [-0.3, -0.25) is 0 Å². The van der Waals surface area contributed by atoms with Gasteiger partial charge in [-0.05, 0) is 0 Å². The van der Waals surface area contributed by atoms with E-state index < -0.39 is 5.41 Å². The summed E-state index contributed by atoms with van der Waals surface area (Å²) in [5, 5.41) is 2.18. The molecule has 2 aliphatic rings. The summed E-state index contributed by atoms with van der Waals surface area (Å²) in [5.41, 5.74) is 19.8. The summed E-state index contributed by atoms with van der Waals surface area (Å²) < 4.78 is 10.1. The number of benzene rings is 11. The molecular weight excluding hydrogens is 928 g/mol. The summed E-state index contributed by atoms with van der Waals surface area (Å²) in [7, 11) is 0. The summed E-state index contributed by atoms with van der Waals surface area (Å²) in [5.74, 6) is 0. The molecule has 71 heavy (non-hydrogen) atoms. The molecule has 1 aliphatic carbocycles. The molecule has 4 heteroatoms. The Bertz CT molecular complexity index is 3900. The Labute approximate surface area is 419 Å². The molecule has 14 rings (SSSR count). The van der Waals surface area contributed by atoms with Crippen LogP contribution >= 0.6 is 0 Å². The smallest absolute Gasteiger partial charge is 0.0544 e. The van der Waals surface area contributed by atoms with Gasteiger partial charge in [0, 0.05) is 0 Å². The van der Waals surface area contributed by atoms with Gasteiger partial charge >= 0.3 is 361 Å². The first-order chi connectivity index (χ1) is 35.2. The summed E-state index contributed by atoms with van der Waals surface area (Å²) >= 11 is 0.0956. The van der Waals surface area contributed by atoms with Crippen LogP contribution in [0, 0.1) is 0 Å². The molecule has 0 saturated carbocycles. The Morgan fingerprint density at radius 3 is 1.38 bits per heavy atom. The standard InChI is InChI=1S/C67H44N2OSe/c1-5-19-45(20-6-1)47-33-37-51(38-34-47)68(49-23-9-3-10-24-49)53-41-42-54-58(43-53)67(56-28-14-17-31-62(56)71-63-32-18-15-29-57(63)67)59-44-60(65-55-27-13-16-30-61(55)70-66(65)64(54)59)69(50-25-11-4-12-26-50)52-39-35-48(36-40-52)46-21-7-2-8-22-46/h1-44H. The van der Waals surface area contributed by atoms with Crippen molar-refractivity contribution < 1.29 is 4.42 Å². The summed E-state index contributed by atoms with van der Waals surface area (Å²) in [6, 6.07) is 97.6. The molecule has 12 aromatic rings. The monoisotopic (exact) mass is 972 g/mol. The van der Waals surface area contributed by atoms with Gasteiger partial charge in [-0.15, -0.1) is 0 Å². The van der Waals surface area contributed by atoms with Gasteiger partial charge in [-0.1, -0.05) is 60.7 Å². The number of hydrogen-bond acceptors (Lipinski definition) is 3. The van der Waals surface area contributed by atoms with Crippen molar-refractivity contribution >= 4 is 79.9 Å². The Kier molecular flexibility index (Phi) is 9.77. The second-order valence-electron chi connectivity index (χ2n) is 18.4. The molecule has 0 unspecified atom stereocenters. The Morgan fingerprint density at radius 2 is 0.789 bits per heavy atom. The average molecular weight is 972 g/mol. The van der Waals surface area contributed by atoms with E-state index in [1.54, 1.807) is 0 Å². The molecule has 0 radical (unpaired) electrons. The van der Waals surface area contributed by atoms with Gasteiger partial charge < -0.3 is 0 Å². The first kappa shape index (κ1) is 41.3. The minimum atomic E-state index is -0.686. The molecule has 11 aromatic carbocycles. The average Bonchev–Trinajstić information content (AvgIpc) is 3.97. The molecule has 0 fully saturated rings.